The number of amidine groups is 1. The highest BCUT2D eigenvalue weighted by atomic mass is 19.3. The van der Waals surface area contributed by atoms with E-state index in [2.05, 4.69) is 20.1 Å². The van der Waals surface area contributed by atoms with Crippen LogP contribution in [0.4, 0.5) is 18.9 Å². The van der Waals surface area contributed by atoms with Crippen LogP contribution in [0.2, 0.25) is 0 Å². The van der Waals surface area contributed by atoms with Gasteiger partial charge in [0.1, 0.15) is 17.4 Å². The zero-order valence-corrected chi connectivity index (χ0v) is 16.3. The molecule has 1 aromatic heterocycles. The first kappa shape index (κ1) is 20.9. The molecule has 0 unspecified atom stereocenters. The molecule has 4 rings (SSSR count). The molecular formula is C21H20F3N5O2. The van der Waals surface area contributed by atoms with Gasteiger partial charge in [-0.2, -0.15) is 13.9 Å². The van der Waals surface area contributed by atoms with Gasteiger partial charge in [0.2, 0.25) is 0 Å². The summed E-state index contributed by atoms with van der Waals surface area (Å²) in [6, 6.07) is 10.6. The predicted molar refractivity (Wildman–Crippen MR) is 109 cm³/mol. The lowest BCUT2D eigenvalue weighted by atomic mass is 10.1. The number of halogens is 3. The molecule has 1 aliphatic heterocycles. The number of nitrogens with zero attached hydrogens (tertiary/aromatic N) is 3. The summed E-state index contributed by atoms with van der Waals surface area (Å²) in [5, 5.41) is 7.37. The van der Waals surface area contributed by atoms with Gasteiger partial charge in [0.15, 0.2) is 0 Å². The Bertz CT molecular complexity index is 1060. The number of aromatic nitrogens is 2. The van der Waals surface area contributed by atoms with Crippen molar-refractivity contribution in [3.8, 4) is 11.4 Å². The number of ether oxygens (including phenoxy) is 2. The standard InChI is InChI=1S/C21H20F3N5O2/c22-18-9-14(1-6-17(18)19-11-26-7-8-30-19)28-20(25)13-10-27-29(12-13)15-2-4-16(5-3-15)31-21(23)24/h1-6,9-10,12,19,21,26H,7-8,11H2,(H2,25,28)/t19-/m1/s1. The number of hydrogen-bond acceptors (Lipinski definition) is 5. The number of morpholine rings is 1. The topological polar surface area (TPSA) is 86.7 Å². The molecule has 3 N–H and O–H groups in total. The summed E-state index contributed by atoms with van der Waals surface area (Å²) < 4.78 is 50.5. The third-order valence-corrected chi connectivity index (χ3v) is 4.71. The van der Waals surface area contributed by atoms with E-state index in [9.17, 15) is 13.2 Å². The Morgan fingerprint density at radius 1 is 1.26 bits per heavy atom. The lowest BCUT2D eigenvalue weighted by molar-refractivity contribution is -0.0498. The Hall–Kier alpha value is -3.37. The lowest BCUT2D eigenvalue weighted by Crippen LogP contribution is -2.33. The molecule has 0 bridgehead atoms. The van der Waals surface area contributed by atoms with Crippen molar-refractivity contribution in [2.24, 2.45) is 10.7 Å². The second-order valence-corrected chi connectivity index (χ2v) is 6.81. The highest BCUT2D eigenvalue weighted by Crippen LogP contribution is 2.26. The van der Waals surface area contributed by atoms with Crippen molar-refractivity contribution in [3.05, 3.63) is 71.8 Å². The van der Waals surface area contributed by atoms with Gasteiger partial charge in [0.05, 0.1) is 35.8 Å². The minimum absolute atomic E-state index is 0.0482. The van der Waals surface area contributed by atoms with Crippen molar-refractivity contribution in [2.75, 3.05) is 19.7 Å². The van der Waals surface area contributed by atoms with Crippen molar-refractivity contribution in [1.29, 1.82) is 0 Å². The molecule has 0 radical (unpaired) electrons. The van der Waals surface area contributed by atoms with Crippen LogP contribution in [0, 0.1) is 5.82 Å². The fraction of sp³-hybridized carbons (Fsp3) is 0.238. The van der Waals surface area contributed by atoms with Crippen molar-refractivity contribution in [1.82, 2.24) is 15.1 Å². The average molecular weight is 431 g/mol. The molecule has 7 nitrogen and oxygen atoms in total. The minimum atomic E-state index is -2.89. The van der Waals surface area contributed by atoms with Crippen molar-refractivity contribution < 1.29 is 22.6 Å². The van der Waals surface area contributed by atoms with Gasteiger partial charge in [-0.25, -0.2) is 14.1 Å². The molecule has 162 valence electrons. The van der Waals surface area contributed by atoms with E-state index in [1.807, 2.05) is 0 Å². The first-order chi connectivity index (χ1) is 15.0. The summed E-state index contributed by atoms with van der Waals surface area (Å²) in [5.74, 6) is -0.205. The Kier molecular flexibility index (Phi) is 6.19. The maximum absolute atomic E-state index is 14.5. The van der Waals surface area contributed by atoms with E-state index in [0.29, 0.717) is 35.7 Å². The molecule has 1 atom stereocenters. The Morgan fingerprint density at radius 2 is 2.06 bits per heavy atom. The summed E-state index contributed by atoms with van der Waals surface area (Å²) in [4.78, 5) is 4.27. The van der Waals surface area contributed by atoms with E-state index in [1.165, 1.54) is 29.1 Å². The van der Waals surface area contributed by atoms with Crippen LogP contribution in [-0.4, -0.2) is 41.9 Å². The smallest absolute Gasteiger partial charge is 0.387 e. The monoisotopic (exact) mass is 431 g/mol. The fourth-order valence-corrected chi connectivity index (χ4v) is 3.19. The van der Waals surface area contributed by atoms with Crippen LogP contribution in [0.3, 0.4) is 0 Å². The maximum Gasteiger partial charge on any atom is 0.387 e. The fourth-order valence-electron chi connectivity index (χ4n) is 3.19. The van der Waals surface area contributed by atoms with Gasteiger partial charge in [-0.1, -0.05) is 6.07 Å². The van der Waals surface area contributed by atoms with E-state index in [-0.39, 0.29) is 17.7 Å². The van der Waals surface area contributed by atoms with Gasteiger partial charge < -0.3 is 20.5 Å². The molecule has 1 aliphatic rings. The maximum atomic E-state index is 14.5. The molecule has 0 saturated carbocycles. The molecule has 1 fully saturated rings. The molecule has 3 aromatic rings. The summed E-state index contributed by atoms with van der Waals surface area (Å²) in [5.41, 5.74) is 8.05. The summed E-state index contributed by atoms with van der Waals surface area (Å²) in [6.07, 6.45) is 2.81. The van der Waals surface area contributed by atoms with E-state index in [1.54, 1.807) is 30.5 Å². The third kappa shape index (κ3) is 5.04. The lowest BCUT2D eigenvalue weighted by Gasteiger charge is -2.24. The van der Waals surface area contributed by atoms with E-state index in [4.69, 9.17) is 10.5 Å². The van der Waals surface area contributed by atoms with Gasteiger partial charge in [-0.3, -0.25) is 0 Å². The second-order valence-electron chi connectivity index (χ2n) is 6.81. The molecule has 31 heavy (non-hydrogen) atoms. The molecule has 0 aliphatic carbocycles. The average Bonchev–Trinajstić information content (AvgIpc) is 3.25. The van der Waals surface area contributed by atoms with Crippen LogP contribution in [-0.2, 0) is 4.74 Å². The van der Waals surface area contributed by atoms with Crippen LogP contribution in [0.15, 0.2) is 59.9 Å². The Labute approximate surface area is 176 Å². The summed E-state index contributed by atoms with van der Waals surface area (Å²) in [6.45, 7) is -1.05. The van der Waals surface area contributed by atoms with Gasteiger partial charge in [-0.05, 0) is 36.4 Å². The van der Waals surface area contributed by atoms with Crippen LogP contribution in [0.5, 0.6) is 5.75 Å². The highest BCUT2D eigenvalue weighted by Gasteiger charge is 2.19. The Balaban J connectivity index is 1.49. The van der Waals surface area contributed by atoms with Gasteiger partial charge in [0.25, 0.3) is 0 Å². The molecule has 2 aromatic carbocycles. The summed E-state index contributed by atoms with van der Waals surface area (Å²) in [7, 11) is 0. The van der Waals surface area contributed by atoms with Gasteiger partial charge in [-0.15, -0.1) is 0 Å². The number of benzene rings is 2. The number of nitrogens with one attached hydrogen (secondary N) is 1. The molecule has 0 spiro atoms. The van der Waals surface area contributed by atoms with Crippen LogP contribution >= 0.6 is 0 Å². The third-order valence-electron chi connectivity index (χ3n) is 4.71. The van der Waals surface area contributed by atoms with Crippen molar-refractivity contribution >= 4 is 11.5 Å². The van der Waals surface area contributed by atoms with Crippen molar-refractivity contribution in [2.45, 2.75) is 12.7 Å². The van der Waals surface area contributed by atoms with Crippen LogP contribution in [0.1, 0.15) is 17.2 Å². The predicted octanol–water partition coefficient (Wildman–Crippen LogP) is 3.31. The van der Waals surface area contributed by atoms with E-state index < -0.39 is 12.4 Å². The van der Waals surface area contributed by atoms with Crippen LogP contribution in [0.25, 0.3) is 5.69 Å². The zero-order valence-electron chi connectivity index (χ0n) is 16.3. The largest absolute Gasteiger partial charge is 0.435 e. The second kappa shape index (κ2) is 9.19. The minimum Gasteiger partial charge on any atom is -0.435 e. The SMILES string of the molecule is NC(=Nc1ccc([C@H]2CNCCO2)c(F)c1)c1cnn(-c2ccc(OC(F)F)cc2)c1. The number of hydrogen-bond donors (Lipinski definition) is 2. The van der Waals surface area contributed by atoms with Gasteiger partial charge >= 0.3 is 6.61 Å². The first-order valence-corrected chi connectivity index (χ1v) is 9.56. The molecule has 2 heterocycles. The molecular weight excluding hydrogens is 411 g/mol. The summed E-state index contributed by atoms with van der Waals surface area (Å²) >= 11 is 0. The van der Waals surface area contributed by atoms with Crippen LogP contribution < -0.4 is 15.8 Å². The number of alkyl halides is 2. The highest BCUT2D eigenvalue weighted by molar-refractivity contribution is 5.98. The number of rotatable bonds is 6. The number of aliphatic imine (C=N–C) groups is 1. The van der Waals surface area contributed by atoms with E-state index in [0.717, 1.165) is 6.54 Å². The van der Waals surface area contributed by atoms with E-state index >= 15 is 0 Å². The van der Waals surface area contributed by atoms with Gasteiger partial charge in [0, 0.05) is 24.8 Å². The van der Waals surface area contributed by atoms with Crippen molar-refractivity contribution in [3.63, 3.8) is 0 Å². The Morgan fingerprint density at radius 3 is 2.74 bits per heavy atom. The number of nitrogens with two attached hydrogens (primary N) is 1. The normalized spacial score (nSPS) is 17.2. The molecule has 0 amide bonds. The molecule has 10 heteroatoms. The first-order valence-electron chi connectivity index (χ1n) is 9.56. The molecule has 1 saturated heterocycles. The quantitative estimate of drug-likeness (QED) is 0.462. The zero-order chi connectivity index (χ0) is 21.8.